The number of ether oxygens (including phenoxy) is 2. The van der Waals surface area contributed by atoms with Crippen molar-refractivity contribution in [1.82, 2.24) is 14.7 Å². The number of anilines is 1. The normalized spacial score (nSPS) is 14.0. The number of hydrogen-bond acceptors (Lipinski definition) is 5. The zero-order valence-electron chi connectivity index (χ0n) is 16.3. The van der Waals surface area contributed by atoms with Crippen LogP contribution in [0.4, 0.5) is 5.69 Å². The number of nitrogens with zero attached hydrogens (tertiary/aromatic N) is 3. The van der Waals surface area contributed by atoms with Gasteiger partial charge in [0.05, 0.1) is 18.9 Å². The first kappa shape index (κ1) is 19.9. The lowest BCUT2D eigenvalue weighted by Gasteiger charge is -2.26. The van der Waals surface area contributed by atoms with E-state index in [9.17, 15) is 9.59 Å². The number of carbonyl (C=O) groups is 2. The van der Waals surface area contributed by atoms with Crippen LogP contribution in [0.3, 0.4) is 0 Å². The number of aryl methyl sites for hydroxylation is 3. The zero-order chi connectivity index (χ0) is 19.9. The smallest absolute Gasteiger partial charge is 0.260 e. The Balaban J connectivity index is 1.42. The lowest BCUT2D eigenvalue weighted by molar-refractivity contribution is -0.137. The molecule has 1 fully saturated rings. The fourth-order valence-electron chi connectivity index (χ4n) is 3.02. The largest absolute Gasteiger partial charge is 0.484 e. The predicted octanol–water partition coefficient (Wildman–Crippen LogP) is 1.77. The number of rotatable bonds is 7. The topological polar surface area (TPSA) is 85.7 Å². The van der Waals surface area contributed by atoms with Crippen molar-refractivity contribution in [1.29, 1.82) is 0 Å². The van der Waals surface area contributed by atoms with Crippen LogP contribution in [-0.2, 0) is 20.9 Å². The number of hydrogen-bond donors (Lipinski definition) is 1. The maximum Gasteiger partial charge on any atom is 0.260 e. The molecular formula is C20H26N4O4. The molecule has 28 heavy (non-hydrogen) atoms. The molecule has 1 aromatic heterocycles. The number of aromatic nitrogens is 2. The predicted molar refractivity (Wildman–Crippen MR) is 104 cm³/mol. The molecular weight excluding hydrogens is 360 g/mol. The quantitative estimate of drug-likeness (QED) is 0.784. The molecule has 0 unspecified atom stereocenters. The van der Waals surface area contributed by atoms with Crippen molar-refractivity contribution in [2.45, 2.75) is 26.8 Å². The Hall–Kier alpha value is -2.87. The molecule has 0 aliphatic carbocycles. The van der Waals surface area contributed by atoms with Crippen LogP contribution in [0.15, 0.2) is 30.3 Å². The summed E-state index contributed by atoms with van der Waals surface area (Å²) in [5, 5.41) is 7.21. The highest BCUT2D eigenvalue weighted by Crippen LogP contribution is 2.16. The van der Waals surface area contributed by atoms with E-state index >= 15 is 0 Å². The maximum atomic E-state index is 12.1. The third-order valence-corrected chi connectivity index (χ3v) is 4.52. The Morgan fingerprint density at radius 1 is 1.18 bits per heavy atom. The summed E-state index contributed by atoms with van der Waals surface area (Å²) < 4.78 is 12.6. The molecule has 0 atom stereocenters. The SMILES string of the molecule is Cc1cc(C)n(CCC(=O)Nc2ccc(OCC(=O)N3CCOCC3)cc2)n1. The second kappa shape index (κ2) is 9.36. The summed E-state index contributed by atoms with van der Waals surface area (Å²) in [6.45, 7) is 6.78. The van der Waals surface area contributed by atoms with Crippen LogP contribution in [0.2, 0.25) is 0 Å². The van der Waals surface area contributed by atoms with Gasteiger partial charge in [-0.15, -0.1) is 0 Å². The molecule has 1 aromatic carbocycles. The first-order valence-corrected chi connectivity index (χ1v) is 9.40. The highest BCUT2D eigenvalue weighted by Gasteiger charge is 2.17. The van der Waals surface area contributed by atoms with Crippen molar-refractivity contribution >= 4 is 17.5 Å². The summed E-state index contributed by atoms with van der Waals surface area (Å²) >= 11 is 0. The van der Waals surface area contributed by atoms with Gasteiger partial charge < -0.3 is 19.7 Å². The molecule has 0 bridgehead atoms. The summed E-state index contributed by atoms with van der Waals surface area (Å²) in [5.74, 6) is 0.454. The van der Waals surface area contributed by atoms with Crippen molar-refractivity contribution in [2.24, 2.45) is 0 Å². The van der Waals surface area contributed by atoms with Gasteiger partial charge in [0.15, 0.2) is 6.61 Å². The number of nitrogens with one attached hydrogen (secondary N) is 1. The average molecular weight is 386 g/mol. The molecule has 0 saturated carbocycles. The number of amides is 2. The Labute approximate surface area is 164 Å². The second-order valence-electron chi connectivity index (χ2n) is 6.75. The minimum atomic E-state index is -0.0799. The van der Waals surface area contributed by atoms with Gasteiger partial charge in [-0.25, -0.2) is 0 Å². The van der Waals surface area contributed by atoms with Crippen LogP contribution in [0.1, 0.15) is 17.8 Å². The molecule has 2 heterocycles. The third kappa shape index (κ3) is 5.56. The van der Waals surface area contributed by atoms with E-state index in [4.69, 9.17) is 9.47 Å². The number of morpholine rings is 1. The lowest BCUT2D eigenvalue weighted by atomic mass is 10.3. The summed E-state index contributed by atoms with van der Waals surface area (Å²) in [6.07, 6.45) is 0.342. The molecule has 8 nitrogen and oxygen atoms in total. The van der Waals surface area contributed by atoms with Crippen LogP contribution in [0.5, 0.6) is 5.75 Å². The monoisotopic (exact) mass is 386 g/mol. The maximum absolute atomic E-state index is 12.1. The van der Waals surface area contributed by atoms with Crippen molar-refractivity contribution < 1.29 is 19.1 Å². The second-order valence-corrected chi connectivity index (χ2v) is 6.75. The van der Waals surface area contributed by atoms with Gasteiger partial charge in [0, 0.05) is 37.4 Å². The number of carbonyl (C=O) groups excluding carboxylic acids is 2. The van der Waals surface area contributed by atoms with Gasteiger partial charge in [0.2, 0.25) is 5.91 Å². The number of benzene rings is 1. The zero-order valence-corrected chi connectivity index (χ0v) is 16.3. The molecule has 8 heteroatoms. The van der Waals surface area contributed by atoms with Gasteiger partial charge in [-0.05, 0) is 44.2 Å². The van der Waals surface area contributed by atoms with E-state index in [0.717, 1.165) is 11.4 Å². The van der Waals surface area contributed by atoms with Crippen molar-refractivity contribution in [3.63, 3.8) is 0 Å². The molecule has 0 radical (unpaired) electrons. The van der Waals surface area contributed by atoms with E-state index in [1.54, 1.807) is 29.2 Å². The molecule has 3 rings (SSSR count). The highest BCUT2D eigenvalue weighted by atomic mass is 16.5. The molecule has 2 amide bonds. The van der Waals surface area contributed by atoms with Crippen LogP contribution < -0.4 is 10.1 Å². The lowest BCUT2D eigenvalue weighted by Crippen LogP contribution is -2.42. The minimum absolute atomic E-state index is 0.00561. The summed E-state index contributed by atoms with van der Waals surface area (Å²) in [5.41, 5.74) is 2.67. The minimum Gasteiger partial charge on any atom is -0.484 e. The van der Waals surface area contributed by atoms with E-state index < -0.39 is 0 Å². The van der Waals surface area contributed by atoms with Gasteiger partial charge in [-0.3, -0.25) is 14.3 Å². The van der Waals surface area contributed by atoms with Crippen molar-refractivity contribution in [3.05, 3.63) is 41.7 Å². The highest BCUT2D eigenvalue weighted by molar-refractivity contribution is 5.90. The Kier molecular flexibility index (Phi) is 6.65. The van der Waals surface area contributed by atoms with E-state index in [2.05, 4.69) is 10.4 Å². The standard InChI is InChI=1S/C20H26N4O4/c1-15-13-16(2)24(22-15)8-7-19(25)21-17-3-5-18(6-4-17)28-14-20(26)23-9-11-27-12-10-23/h3-6,13H,7-12,14H2,1-2H3,(H,21,25). The molecule has 0 spiro atoms. The molecule has 1 N–H and O–H groups in total. The molecule has 1 aliphatic heterocycles. The summed E-state index contributed by atoms with van der Waals surface area (Å²) in [4.78, 5) is 26.0. The van der Waals surface area contributed by atoms with Crippen LogP contribution >= 0.6 is 0 Å². The van der Waals surface area contributed by atoms with Crippen LogP contribution in [0.25, 0.3) is 0 Å². The van der Waals surface area contributed by atoms with E-state index in [-0.39, 0.29) is 18.4 Å². The van der Waals surface area contributed by atoms with Gasteiger partial charge in [0.25, 0.3) is 5.91 Å². The summed E-state index contributed by atoms with van der Waals surface area (Å²) in [6, 6.07) is 8.98. The first-order valence-electron chi connectivity index (χ1n) is 9.40. The molecule has 1 saturated heterocycles. The Bertz CT molecular complexity index is 810. The Morgan fingerprint density at radius 3 is 2.54 bits per heavy atom. The Morgan fingerprint density at radius 2 is 1.89 bits per heavy atom. The summed E-state index contributed by atoms with van der Waals surface area (Å²) in [7, 11) is 0. The van der Waals surface area contributed by atoms with Crippen molar-refractivity contribution in [2.75, 3.05) is 38.2 Å². The van der Waals surface area contributed by atoms with Crippen LogP contribution in [-0.4, -0.2) is 59.4 Å². The van der Waals surface area contributed by atoms with Gasteiger partial charge in [0.1, 0.15) is 5.75 Å². The van der Waals surface area contributed by atoms with Gasteiger partial charge in [-0.1, -0.05) is 0 Å². The van der Waals surface area contributed by atoms with E-state index in [1.807, 2.05) is 24.6 Å². The molecule has 150 valence electrons. The average Bonchev–Trinajstić information content (AvgIpc) is 3.03. The fourth-order valence-corrected chi connectivity index (χ4v) is 3.02. The van der Waals surface area contributed by atoms with Gasteiger partial charge in [-0.2, -0.15) is 5.10 Å². The molecule has 2 aromatic rings. The van der Waals surface area contributed by atoms with E-state index in [0.29, 0.717) is 50.7 Å². The van der Waals surface area contributed by atoms with Gasteiger partial charge >= 0.3 is 0 Å². The first-order chi connectivity index (χ1) is 13.5. The third-order valence-electron chi connectivity index (χ3n) is 4.52. The van der Waals surface area contributed by atoms with E-state index in [1.165, 1.54) is 0 Å². The molecule has 1 aliphatic rings. The fraction of sp³-hybridized carbons (Fsp3) is 0.450. The van der Waals surface area contributed by atoms with Crippen molar-refractivity contribution in [3.8, 4) is 5.75 Å². The van der Waals surface area contributed by atoms with Crippen LogP contribution in [0, 0.1) is 13.8 Å².